The molecular formula is C10H13N3O2. The smallest absolute Gasteiger partial charge is 0.217 e. The Labute approximate surface area is 87.6 Å². The molecule has 4 N–H and O–H groups in total. The molecule has 5 heteroatoms. The molecule has 0 saturated carbocycles. The van der Waals surface area contributed by atoms with Crippen LogP contribution in [0.15, 0.2) is 29.4 Å². The number of rotatable bonds is 3. The standard InChI is InChI=1S/C10H13N3O2/c1-7(14)12-6-8-2-4-9(5-3-8)10(11)13-15/h2-5,15H,6H2,1H3,(H2,11,13)(H,12,14). The molecule has 0 aliphatic rings. The molecule has 0 bridgehead atoms. The topological polar surface area (TPSA) is 87.7 Å². The SMILES string of the molecule is CC(=O)NCc1ccc(C(N)=NO)cc1. The van der Waals surface area contributed by atoms with Crippen LogP contribution >= 0.6 is 0 Å². The molecule has 0 aliphatic heterocycles. The van der Waals surface area contributed by atoms with Gasteiger partial charge in [-0.05, 0) is 5.56 Å². The Morgan fingerprint density at radius 2 is 2.07 bits per heavy atom. The lowest BCUT2D eigenvalue weighted by Crippen LogP contribution is -2.19. The van der Waals surface area contributed by atoms with Gasteiger partial charge in [0.1, 0.15) is 0 Å². The number of carbonyl (C=O) groups excluding carboxylic acids is 1. The number of amidine groups is 1. The van der Waals surface area contributed by atoms with Crippen molar-refractivity contribution in [1.29, 1.82) is 0 Å². The Bertz CT molecular complexity index is 371. The predicted molar refractivity (Wildman–Crippen MR) is 56.5 cm³/mol. The van der Waals surface area contributed by atoms with Crippen LogP contribution in [0.5, 0.6) is 0 Å². The minimum absolute atomic E-state index is 0.0704. The summed E-state index contributed by atoms with van der Waals surface area (Å²) in [5.41, 5.74) is 7.00. The summed E-state index contributed by atoms with van der Waals surface area (Å²) in [4.78, 5) is 10.7. The summed E-state index contributed by atoms with van der Waals surface area (Å²) >= 11 is 0. The fraction of sp³-hybridized carbons (Fsp3) is 0.200. The second kappa shape index (κ2) is 4.99. The number of hydrogen-bond acceptors (Lipinski definition) is 3. The largest absolute Gasteiger partial charge is 0.409 e. The van der Waals surface area contributed by atoms with E-state index in [1.807, 2.05) is 12.1 Å². The first-order valence-corrected chi connectivity index (χ1v) is 4.44. The van der Waals surface area contributed by atoms with Crippen LogP contribution in [0.4, 0.5) is 0 Å². The number of oxime groups is 1. The molecule has 0 aliphatic carbocycles. The molecule has 0 atom stereocenters. The van der Waals surface area contributed by atoms with Crippen molar-refractivity contribution in [2.24, 2.45) is 10.9 Å². The number of amides is 1. The van der Waals surface area contributed by atoms with E-state index in [1.54, 1.807) is 12.1 Å². The molecule has 0 saturated heterocycles. The molecule has 0 heterocycles. The van der Waals surface area contributed by atoms with E-state index in [1.165, 1.54) is 6.92 Å². The predicted octanol–water partition coefficient (Wildman–Crippen LogP) is 0.417. The van der Waals surface area contributed by atoms with Crippen molar-refractivity contribution < 1.29 is 10.0 Å². The third-order valence-electron chi connectivity index (χ3n) is 1.90. The van der Waals surface area contributed by atoms with Crippen LogP contribution < -0.4 is 11.1 Å². The quantitative estimate of drug-likeness (QED) is 0.290. The Kier molecular flexibility index (Phi) is 3.68. The van der Waals surface area contributed by atoms with E-state index in [0.717, 1.165) is 5.56 Å². The van der Waals surface area contributed by atoms with Crippen molar-refractivity contribution in [3.05, 3.63) is 35.4 Å². The molecule has 1 rings (SSSR count). The van der Waals surface area contributed by atoms with E-state index in [9.17, 15) is 4.79 Å². The lowest BCUT2D eigenvalue weighted by atomic mass is 10.1. The summed E-state index contributed by atoms with van der Waals surface area (Å²) in [6, 6.07) is 7.07. The molecule has 5 nitrogen and oxygen atoms in total. The number of hydrogen-bond donors (Lipinski definition) is 3. The van der Waals surface area contributed by atoms with Gasteiger partial charge >= 0.3 is 0 Å². The average molecular weight is 207 g/mol. The highest BCUT2D eigenvalue weighted by Gasteiger charge is 1.99. The minimum Gasteiger partial charge on any atom is -0.409 e. The molecule has 0 unspecified atom stereocenters. The van der Waals surface area contributed by atoms with E-state index in [2.05, 4.69) is 10.5 Å². The molecule has 0 aromatic heterocycles. The normalized spacial score (nSPS) is 11.1. The maximum Gasteiger partial charge on any atom is 0.217 e. The van der Waals surface area contributed by atoms with Crippen LogP contribution in [-0.2, 0) is 11.3 Å². The number of nitrogens with two attached hydrogens (primary N) is 1. The van der Waals surface area contributed by atoms with Crippen molar-refractivity contribution in [3.63, 3.8) is 0 Å². The minimum atomic E-state index is -0.0736. The molecule has 1 aromatic rings. The van der Waals surface area contributed by atoms with Gasteiger partial charge in [0.05, 0.1) is 0 Å². The van der Waals surface area contributed by atoms with Crippen molar-refractivity contribution in [2.75, 3.05) is 0 Å². The highest BCUT2D eigenvalue weighted by molar-refractivity contribution is 5.96. The number of carbonyl (C=O) groups is 1. The number of benzene rings is 1. The average Bonchev–Trinajstić information content (AvgIpc) is 2.26. The van der Waals surface area contributed by atoms with Crippen LogP contribution in [0.3, 0.4) is 0 Å². The van der Waals surface area contributed by atoms with Gasteiger partial charge in [0.2, 0.25) is 5.91 Å². The van der Waals surface area contributed by atoms with Crippen LogP contribution in [0.2, 0.25) is 0 Å². The van der Waals surface area contributed by atoms with Crippen LogP contribution in [0.25, 0.3) is 0 Å². The van der Waals surface area contributed by atoms with E-state index >= 15 is 0 Å². The second-order valence-corrected chi connectivity index (χ2v) is 3.09. The fourth-order valence-electron chi connectivity index (χ4n) is 1.08. The monoisotopic (exact) mass is 207 g/mol. The number of nitrogens with one attached hydrogen (secondary N) is 1. The van der Waals surface area contributed by atoms with Crippen LogP contribution in [-0.4, -0.2) is 17.0 Å². The van der Waals surface area contributed by atoms with Gasteiger partial charge in [-0.1, -0.05) is 29.4 Å². The molecule has 0 fully saturated rings. The van der Waals surface area contributed by atoms with Gasteiger partial charge < -0.3 is 16.3 Å². The molecular weight excluding hydrogens is 194 g/mol. The van der Waals surface area contributed by atoms with Gasteiger partial charge in [-0.2, -0.15) is 0 Å². The first-order valence-electron chi connectivity index (χ1n) is 4.44. The van der Waals surface area contributed by atoms with Gasteiger partial charge in [0.25, 0.3) is 0 Å². The molecule has 1 amide bonds. The number of nitrogens with zero attached hydrogens (tertiary/aromatic N) is 1. The first kappa shape index (κ1) is 11.0. The second-order valence-electron chi connectivity index (χ2n) is 3.09. The van der Waals surface area contributed by atoms with Gasteiger partial charge in [0, 0.05) is 19.0 Å². The molecule has 0 spiro atoms. The van der Waals surface area contributed by atoms with Crippen molar-refractivity contribution in [1.82, 2.24) is 5.32 Å². The molecule has 80 valence electrons. The van der Waals surface area contributed by atoms with E-state index in [-0.39, 0.29) is 11.7 Å². The molecule has 0 radical (unpaired) electrons. The van der Waals surface area contributed by atoms with Gasteiger partial charge in [-0.25, -0.2) is 0 Å². The summed E-state index contributed by atoms with van der Waals surface area (Å²) in [6.07, 6.45) is 0. The maximum absolute atomic E-state index is 10.7. The van der Waals surface area contributed by atoms with Gasteiger partial charge in [-0.15, -0.1) is 0 Å². The maximum atomic E-state index is 10.7. The molecule has 15 heavy (non-hydrogen) atoms. The third kappa shape index (κ3) is 3.30. The Balaban J connectivity index is 2.68. The zero-order chi connectivity index (χ0) is 11.3. The van der Waals surface area contributed by atoms with E-state index in [0.29, 0.717) is 12.1 Å². The lowest BCUT2D eigenvalue weighted by Gasteiger charge is -2.03. The zero-order valence-corrected chi connectivity index (χ0v) is 8.40. The van der Waals surface area contributed by atoms with Crippen molar-refractivity contribution in [3.8, 4) is 0 Å². The van der Waals surface area contributed by atoms with Crippen molar-refractivity contribution >= 4 is 11.7 Å². The zero-order valence-electron chi connectivity index (χ0n) is 8.40. The van der Waals surface area contributed by atoms with E-state index < -0.39 is 0 Å². The van der Waals surface area contributed by atoms with Gasteiger partial charge in [-0.3, -0.25) is 4.79 Å². The Morgan fingerprint density at radius 3 is 2.53 bits per heavy atom. The summed E-state index contributed by atoms with van der Waals surface area (Å²) in [5.74, 6) is -0.00316. The Morgan fingerprint density at radius 1 is 1.47 bits per heavy atom. The van der Waals surface area contributed by atoms with Crippen molar-refractivity contribution in [2.45, 2.75) is 13.5 Å². The molecule has 1 aromatic carbocycles. The summed E-state index contributed by atoms with van der Waals surface area (Å²) in [5, 5.41) is 14.0. The summed E-state index contributed by atoms with van der Waals surface area (Å²) < 4.78 is 0. The van der Waals surface area contributed by atoms with Gasteiger partial charge in [0.15, 0.2) is 5.84 Å². The Hall–Kier alpha value is -2.04. The summed E-state index contributed by atoms with van der Waals surface area (Å²) in [6.45, 7) is 1.94. The third-order valence-corrected chi connectivity index (χ3v) is 1.90. The highest BCUT2D eigenvalue weighted by atomic mass is 16.4. The lowest BCUT2D eigenvalue weighted by molar-refractivity contribution is -0.119. The fourth-order valence-corrected chi connectivity index (χ4v) is 1.08. The summed E-state index contributed by atoms with van der Waals surface area (Å²) in [7, 11) is 0. The van der Waals surface area contributed by atoms with Crippen LogP contribution in [0, 0.1) is 0 Å². The highest BCUT2D eigenvalue weighted by Crippen LogP contribution is 2.03. The van der Waals surface area contributed by atoms with Crippen LogP contribution in [0.1, 0.15) is 18.1 Å². The first-order chi connectivity index (χ1) is 7.13. The van der Waals surface area contributed by atoms with E-state index in [4.69, 9.17) is 10.9 Å².